The number of rotatable bonds is 4. The Labute approximate surface area is 120 Å². The van der Waals surface area contributed by atoms with E-state index in [9.17, 15) is 9.18 Å². The lowest BCUT2D eigenvalue weighted by Gasteiger charge is -2.02. The number of allylic oxidation sites excluding steroid dienone is 1. The molecule has 5 heteroatoms. The summed E-state index contributed by atoms with van der Waals surface area (Å²) in [7, 11) is 0. The zero-order valence-electron chi connectivity index (χ0n) is 11.0. The number of halogens is 1. The molecule has 106 valence electrons. The summed E-state index contributed by atoms with van der Waals surface area (Å²) in [5.41, 5.74) is 0.790. The molecule has 2 aromatic carbocycles. The van der Waals surface area contributed by atoms with Crippen LogP contribution in [0.25, 0.3) is 0 Å². The number of hydrogen-bond acceptors (Lipinski definition) is 4. The highest BCUT2D eigenvalue weighted by Gasteiger charge is 2.14. The highest BCUT2D eigenvalue weighted by molar-refractivity contribution is 6.05. The molecule has 0 bridgehead atoms. The Morgan fingerprint density at radius 2 is 1.95 bits per heavy atom. The van der Waals surface area contributed by atoms with Crippen molar-refractivity contribution < 1.29 is 18.7 Å². The molecule has 4 nitrogen and oxygen atoms in total. The highest BCUT2D eigenvalue weighted by atomic mass is 19.1. The number of ketones is 1. The molecule has 1 N–H and O–H groups in total. The predicted molar refractivity (Wildman–Crippen MR) is 76.1 cm³/mol. The second-order valence-electron chi connectivity index (χ2n) is 4.39. The van der Waals surface area contributed by atoms with Crippen LogP contribution in [0, 0.1) is 5.82 Å². The standard InChI is InChI=1S/C16H12FNO3/c17-12-3-1-2-4-13(12)18-8-7-14(19)11-5-6-15-16(9-11)21-10-20-15/h1-9,18H,10H2/b8-7-. The normalized spacial score (nSPS) is 12.6. The van der Waals surface area contributed by atoms with Gasteiger partial charge in [-0.3, -0.25) is 4.79 Å². The van der Waals surface area contributed by atoms with Crippen molar-refractivity contribution in [3.63, 3.8) is 0 Å². The van der Waals surface area contributed by atoms with Crippen LogP contribution in [0.4, 0.5) is 10.1 Å². The van der Waals surface area contributed by atoms with Crippen LogP contribution in [0.3, 0.4) is 0 Å². The van der Waals surface area contributed by atoms with E-state index >= 15 is 0 Å². The van der Waals surface area contributed by atoms with E-state index in [2.05, 4.69) is 5.32 Å². The molecular weight excluding hydrogens is 273 g/mol. The van der Waals surface area contributed by atoms with Gasteiger partial charge in [0.1, 0.15) is 5.82 Å². The fraction of sp³-hybridized carbons (Fsp3) is 0.0625. The van der Waals surface area contributed by atoms with Crippen LogP contribution >= 0.6 is 0 Å². The fourth-order valence-electron chi connectivity index (χ4n) is 1.93. The van der Waals surface area contributed by atoms with Gasteiger partial charge in [-0.15, -0.1) is 0 Å². The molecule has 0 aromatic heterocycles. The molecule has 21 heavy (non-hydrogen) atoms. The Morgan fingerprint density at radius 3 is 2.81 bits per heavy atom. The van der Waals surface area contributed by atoms with Crippen LogP contribution in [-0.4, -0.2) is 12.6 Å². The van der Waals surface area contributed by atoms with Gasteiger partial charge >= 0.3 is 0 Å². The Hall–Kier alpha value is -2.82. The molecule has 0 amide bonds. The highest BCUT2D eigenvalue weighted by Crippen LogP contribution is 2.32. The summed E-state index contributed by atoms with van der Waals surface area (Å²) in [6.45, 7) is 0.164. The van der Waals surface area contributed by atoms with Crippen LogP contribution in [0.2, 0.25) is 0 Å². The first kappa shape index (κ1) is 13.2. The van der Waals surface area contributed by atoms with Crippen molar-refractivity contribution in [1.29, 1.82) is 0 Å². The van der Waals surface area contributed by atoms with E-state index in [0.29, 0.717) is 22.7 Å². The second kappa shape index (κ2) is 5.66. The van der Waals surface area contributed by atoms with Gasteiger partial charge in [0, 0.05) is 17.8 Å². The maximum absolute atomic E-state index is 13.4. The zero-order chi connectivity index (χ0) is 14.7. The summed E-state index contributed by atoms with van der Waals surface area (Å²) < 4.78 is 23.8. The first-order chi connectivity index (χ1) is 10.2. The number of hydrogen-bond donors (Lipinski definition) is 1. The van der Waals surface area contributed by atoms with Crippen molar-refractivity contribution in [3.8, 4) is 11.5 Å². The summed E-state index contributed by atoms with van der Waals surface area (Å²) in [6.07, 6.45) is 2.75. The van der Waals surface area contributed by atoms with Gasteiger partial charge in [0.15, 0.2) is 17.3 Å². The van der Waals surface area contributed by atoms with E-state index in [4.69, 9.17) is 9.47 Å². The van der Waals surface area contributed by atoms with E-state index in [1.165, 1.54) is 18.3 Å². The summed E-state index contributed by atoms with van der Waals surface area (Å²) in [4.78, 5) is 12.0. The summed E-state index contributed by atoms with van der Waals surface area (Å²) >= 11 is 0. The molecule has 0 radical (unpaired) electrons. The number of ether oxygens (including phenoxy) is 2. The smallest absolute Gasteiger partial charge is 0.231 e. The van der Waals surface area contributed by atoms with Crippen LogP contribution < -0.4 is 14.8 Å². The minimum Gasteiger partial charge on any atom is -0.454 e. The molecule has 0 aliphatic carbocycles. The van der Waals surface area contributed by atoms with Crippen LogP contribution in [0.15, 0.2) is 54.7 Å². The number of para-hydroxylation sites is 1. The molecule has 0 saturated heterocycles. The summed E-state index contributed by atoms with van der Waals surface area (Å²) in [6, 6.07) is 11.2. The zero-order valence-corrected chi connectivity index (χ0v) is 11.0. The Morgan fingerprint density at radius 1 is 1.14 bits per heavy atom. The third-order valence-electron chi connectivity index (χ3n) is 3.00. The Balaban J connectivity index is 1.69. The van der Waals surface area contributed by atoms with E-state index in [-0.39, 0.29) is 18.4 Å². The minimum absolute atomic E-state index is 0.164. The van der Waals surface area contributed by atoms with Gasteiger partial charge in [-0.1, -0.05) is 12.1 Å². The van der Waals surface area contributed by atoms with Crippen LogP contribution in [0.1, 0.15) is 10.4 Å². The molecule has 0 fully saturated rings. The molecular formula is C16H12FNO3. The SMILES string of the molecule is O=C(/C=C\Nc1ccccc1F)c1ccc2c(c1)OCO2. The van der Waals surface area contributed by atoms with E-state index in [1.807, 2.05) is 0 Å². The molecule has 0 saturated carbocycles. The monoisotopic (exact) mass is 285 g/mol. The third-order valence-corrected chi connectivity index (χ3v) is 3.00. The topological polar surface area (TPSA) is 47.6 Å². The maximum atomic E-state index is 13.4. The quantitative estimate of drug-likeness (QED) is 0.691. The van der Waals surface area contributed by atoms with Crippen molar-refractivity contribution in [3.05, 3.63) is 66.1 Å². The molecule has 1 aliphatic heterocycles. The van der Waals surface area contributed by atoms with Crippen LogP contribution in [-0.2, 0) is 0 Å². The van der Waals surface area contributed by atoms with Crippen molar-refractivity contribution in [2.24, 2.45) is 0 Å². The van der Waals surface area contributed by atoms with E-state index < -0.39 is 0 Å². The number of fused-ring (bicyclic) bond motifs is 1. The molecule has 0 atom stereocenters. The van der Waals surface area contributed by atoms with Gasteiger partial charge in [-0.2, -0.15) is 0 Å². The van der Waals surface area contributed by atoms with Gasteiger partial charge in [-0.05, 0) is 30.3 Å². The van der Waals surface area contributed by atoms with Gasteiger partial charge in [0.05, 0.1) is 5.69 Å². The van der Waals surface area contributed by atoms with Gasteiger partial charge in [-0.25, -0.2) is 4.39 Å². The Bertz CT molecular complexity index is 712. The average molecular weight is 285 g/mol. The predicted octanol–water partition coefficient (Wildman–Crippen LogP) is 3.36. The molecule has 1 aliphatic rings. The fourth-order valence-corrected chi connectivity index (χ4v) is 1.93. The number of nitrogens with one attached hydrogen (secondary N) is 1. The number of carbonyl (C=O) groups excluding carboxylic acids is 1. The van der Waals surface area contributed by atoms with Crippen molar-refractivity contribution >= 4 is 11.5 Å². The van der Waals surface area contributed by atoms with Gasteiger partial charge < -0.3 is 14.8 Å². The molecule has 1 heterocycles. The summed E-state index contributed by atoms with van der Waals surface area (Å²) in [5, 5.41) is 2.73. The lowest BCUT2D eigenvalue weighted by molar-refractivity contribution is 0.104. The molecule has 0 spiro atoms. The molecule has 2 aromatic rings. The largest absolute Gasteiger partial charge is 0.454 e. The number of anilines is 1. The first-order valence-electron chi connectivity index (χ1n) is 6.35. The lowest BCUT2D eigenvalue weighted by Crippen LogP contribution is -1.97. The number of benzene rings is 2. The van der Waals surface area contributed by atoms with Crippen LogP contribution in [0.5, 0.6) is 11.5 Å². The third kappa shape index (κ3) is 2.86. The second-order valence-corrected chi connectivity index (χ2v) is 4.39. The van der Waals surface area contributed by atoms with Gasteiger partial charge in [0.2, 0.25) is 6.79 Å². The molecule has 3 rings (SSSR count). The van der Waals surface area contributed by atoms with Crippen molar-refractivity contribution in [2.45, 2.75) is 0 Å². The van der Waals surface area contributed by atoms with E-state index in [1.54, 1.807) is 36.4 Å². The minimum atomic E-state index is -0.377. The summed E-state index contributed by atoms with van der Waals surface area (Å²) in [5.74, 6) is 0.589. The van der Waals surface area contributed by atoms with Gasteiger partial charge in [0.25, 0.3) is 0 Å². The average Bonchev–Trinajstić information content (AvgIpc) is 2.96. The van der Waals surface area contributed by atoms with Crippen molar-refractivity contribution in [1.82, 2.24) is 0 Å². The maximum Gasteiger partial charge on any atom is 0.231 e. The number of carbonyl (C=O) groups is 1. The first-order valence-corrected chi connectivity index (χ1v) is 6.35. The molecule has 0 unspecified atom stereocenters. The lowest BCUT2D eigenvalue weighted by atomic mass is 10.1. The Kier molecular flexibility index (Phi) is 3.55. The van der Waals surface area contributed by atoms with E-state index in [0.717, 1.165) is 0 Å². The van der Waals surface area contributed by atoms with Crippen molar-refractivity contribution in [2.75, 3.05) is 12.1 Å².